The van der Waals surface area contributed by atoms with Gasteiger partial charge in [0.15, 0.2) is 0 Å². The van der Waals surface area contributed by atoms with Gasteiger partial charge in [0.25, 0.3) is 0 Å². The Hall–Kier alpha value is -0.120. The van der Waals surface area contributed by atoms with E-state index in [2.05, 4.69) is 33.0 Å². The van der Waals surface area contributed by atoms with Gasteiger partial charge in [-0.3, -0.25) is 0 Å². The molecule has 0 saturated heterocycles. The maximum absolute atomic E-state index is 5.64. The number of hydrogen-bond donors (Lipinski definition) is 1. The molecule has 0 heterocycles. The van der Waals surface area contributed by atoms with E-state index in [0.29, 0.717) is 6.04 Å². The molecule has 1 N–H and O–H groups in total. The Morgan fingerprint density at radius 2 is 1.87 bits per heavy atom. The highest BCUT2D eigenvalue weighted by atomic mass is 16.5. The second kappa shape index (κ2) is 9.13. The third-order valence-corrected chi connectivity index (χ3v) is 2.42. The first-order valence-corrected chi connectivity index (χ1v) is 6.03. The average Bonchev–Trinajstić information content (AvgIpc) is 2.22. The lowest BCUT2D eigenvalue weighted by molar-refractivity contribution is 0.000634. The third-order valence-electron chi connectivity index (χ3n) is 2.42. The fourth-order valence-electron chi connectivity index (χ4n) is 1.54. The normalized spacial score (nSPS) is 15.6. The van der Waals surface area contributed by atoms with Crippen LogP contribution < -0.4 is 5.32 Å². The first-order chi connectivity index (χ1) is 7.15. The van der Waals surface area contributed by atoms with E-state index < -0.39 is 0 Å². The van der Waals surface area contributed by atoms with Crippen LogP contribution in [0.5, 0.6) is 0 Å². The lowest BCUT2D eigenvalue weighted by Crippen LogP contribution is -2.45. The molecule has 3 heteroatoms. The van der Waals surface area contributed by atoms with Crippen molar-refractivity contribution in [3.63, 3.8) is 0 Å². The van der Waals surface area contributed by atoms with Crippen LogP contribution in [0, 0.1) is 0 Å². The zero-order valence-electron chi connectivity index (χ0n) is 10.9. The summed E-state index contributed by atoms with van der Waals surface area (Å²) in [4.78, 5) is 0. The van der Waals surface area contributed by atoms with E-state index in [0.717, 1.165) is 26.0 Å². The summed E-state index contributed by atoms with van der Waals surface area (Å²) >= 11 is 0. The van der Waals surface area contributed by atoms with Crippen molar-refractivity contribution in [3.05, 3.63) is 0 Å². The van der Waals surface area contributed by atoms with Gasteiger partial charge in [-0.05, 0) is 33.2 Å². The van der Waals surface area contributed by atoms with Crippen molar-refractivity contribution in [2.75, 3.05) is 20.3 Å². The van der Waals surface area contributed by atoms with Gasteiger partial charge in [-0.25, -0.2) is 0 Å². The predicted octanol–water partition coefficient (Wildman–Crippen LogP) is 2.20. The molecule has 92 valence electrons. The van der Waals surface area contributed by atoms with Crippen LogP contribution in [0.4, 0.5) is 0 Å². The second-order valence-corrected chi connectivity index (χ2v) is 4.13. The molecular weight excluding hydrogens is 190 g/mol. The third kappa shape index (κ3) is 6.88. The molecular formula is C12H27NO2. The quantitative estimate of drug-likeness (QED) is 0.642. The van der Waals surface area contributed by atoms with Crippen molar-refractivity contribution in [3.8, 4) is 0 Å². The van der Waals surface area contributed by atoms with Crippen molar-refractivity contribution in [2.45, 2.75) is 58.8 Å². The van der Waals surface area contributed by atoms with Crippen LogP contribution in [0.25, 0.3) is 0 Å². The van der Waals surface area contributed by atoms with Crippen LogP contribution in [0.3, 0.4) is 0 Å². The summed E-state index contributed by atoms with van der Waals surface area (Å²) in [5.74, 6) is 0. The first kappa shape index (κ1) is 14.9. The fraction of sp³-hybridized carbons (Fsp3) is 1.00. The van der Waals surface area contributed by atoms with E-state index in [-0.39, 0.29) is 12.2 Å². The van der Waals surface area contributed by atoms with Crippen molar-refractivity contribution < 1.29 is 9.47 Å². The molecule has 0 fully saturated rings. The van der Waals surface area contributed by atoms with Gasteiger partial charge in [0, 0.05) is 7.11 Å². The van der Waals surface area contributed by atoms with Crippen LogP contribution >= 0.6 is 0 Å². The summed E-state index contributed by atoms with van der Waals surface area (Å²) in [5, 5.41) is 3.48. The molecule has 0 bridgehead atoms. The largest absolute Gasteiger partial charge is 0.380 e. The highest BCUT2D eigenvalue weighted by Gasteiger charge is 2.19. The smallest absolute Gasteiger partial charge is 0.0744 e. The topological polar surface area (TPSA) is 30.5 Å². The molecule has 0 radical (unpaired) electrons. The molecule has 0 aromatic rings. The number of methoxy groups -OCH3 is 1. The zero-order valence-corrected chi connectivity index (χ0v) is 10.9. The van der Waals surface area contributed by atoms with E-state index in [1.807, 2.05) is 0 Å². The van der Waals surface area contributed by atoms with Crippen molar-refractivity contribution >= 4 is 0 Å². The Kier molecular flexibility index (Phi) is 9.06. The molecule has 3 nitrogen and oxygen atoms in total. The molecule has 0 amide bonds. The predicted molar refractivity (Wildman–Crippen MR) is 64.3 cm³/mol. The van der Waals surface area contributed by atoms with E-state index >= 15 is 0 Å². The van der Waals surface area contributed by atoms with Crippen LogP contribution in [0.2, 0.25) is 0 Å². The Morgan fingerprint density at radius 3 is 2.27 bits per heavy atom. The van der Waals surface area contributed by atoms with Crippen LogP contribution in [-0.4, -0.2) is 38.5 Å². The van der Waals surface area contributed by atoms with Crippen molar-refractivity contribution in [1.82, 2.24) is 5.32 Å². The SMILES string of the molecule is CCCNC(COC(C)C)C(CC)OC. The Balaban J connectivity index is 4.03. The molecule has 0 aliphatic rings. The summed E-state index contributed by atoms with van der Waals surface area (Å²) in [6.07, 6.45) is 2.68. The molecule has 0 rings (SSSR count). The lowest BCUT2D eigenvalue weighted by Gasteiger charge is -2.26. The lowest BCUT2D eigenvalue weighted by atomic mass is 10.1. The molecule has 15 heavy (non-hydrogen) atoms. The van der Waals surface area contributed by atoms with Gasteiger partial charge < -0.3 is 14.8 Å². The van der Waals surface area contributed by atoms with Crippen LogP contribution in [0.1, 0.15) is 40.5 Å². The Morgan fingerprint density at radius 1 is 1.20 bits per heavy atom. The number of nitrogens with one attached hydrogen (secondary N) is 1. The molecule has 0 aliphatic carbocycles. The molecule has 2 atom stereocenters. The van der Waals surface area contributed by atoms with Gasteiger partial charge in [-0.2, -0.15) is 0 Å². The minimum atomic E-state index is 0.246. The standard InChI is InChI=1S/C12H27NO2/c1-6-8-13-11(9-15-10(3)4)12(7-2)14-5/h10-13H,6-9H2,1-5H3. The Bertz CT molecular complexity index is 136. The molecule has 0 spiro atoms. The second-order valence-electron chi connectivity index (χ2n) is 4.13. The average molecular weight is 217 g/mol. The molecule has 0 aromatic carbocycles. The minimum Gasteiger partial charge on any atom is -0.380 e. The maximum atomic E-state index is 5.64. The van der Waals surface area contributed by atoms with E-state index in [1.165, 1.54) is 0 Å². The summed E-state index contributed by atoms with van der Waals surface area (Å²) < 4.78 is 11.1. The fourth-order valence-corrected chi connectivity index (χ4v) is 1.54. The van der Waals surface area contributed by atoms with E-state index in [1.54, 1.807) is 7.11 Å². The molecule has 2 unspecified atom stereocenters. The van der Waals surface area contributed by atoms with Crippen molar-refractivity contribution in [1.29, 1.82) is 0 Å². The summed E-state index contributed by atoms with van der Waals surface area (Å²) in [6.45, 7) is 10.2. The number of rotatable bonds is 9. The van der Waals surface area contributed by atoms with Gasteiger partial charge in [-0.15, -0.1) is 0 Å². The summed E-state index contributed by atoms with van der Waals surface area (Å²) in [6, 6.07) is 0.308. The number of hydrogen-bond acceptors (Lipinski definition) is 3. The van der Waals surface area contributed by atoms with Crippen LogP contribution in [0.15, 0.2) is 0 Å². The monoisotopic (exact) mass is 217 g/mol. The minimum absolute atomic E-state index is 0.246. The van der Waals surface area contributed by atoms with Gasteiger partial charge in [-0.1, -0.05) is 13.8 Å². The summed E-state index contributed by atoms with van der Waals surface area (Å²) in [5.41, 5.74) is 0. The molecule has 0 aliphatic heterocycles. The van der Waals surface area contributed by atoms with Gasteiger partial charge in [0.05, 0.1) is 24.9 Å². The summed E-state index contributed by atoms with van der Waals surface area (Å²) in [7, 11) is 1.77. The van der Waals surface area contributed by atoms with Gasteiger partial charge >= 0.3 is 0 Å². The Labute approximate surface area is 94.5 Å². The maximum Gasteiger partial charge on any atom is 0.0744 e. The molecule has 0 saturated carbocycles. The van der Waals surface area contributed by atoms with Crippen LogP contribution in [-0.2, 0) is 9.47 Å². The van der Waals surface area contributed by atoms with E-state index in [4.69, 9.17) is 9.47 Å². The molecule has 0 aromatic heterocycles. The highest BCUT2D eigenvalue weighted by molar-refractivity contribution is 4.75. The van der Waals surface area contributed by atoms with Crippen molar-refractivity contribution in [2.24, 2.45) is 0 Å². The highest BCUT2D eigenvalue weighted by Crippen LogP contribution is 2.05. The first-order valence-electron chi connectivity index (χ1n) is 6.03. The number of ether oxygens (including phenoxy) is 2. The van der Waals surface area contributed by atoms with E-state index in [9.17, 15) is 0 Å². The van der Waals surface area contributed by atoms with Gasteiger partial charge in [0.2, 0.25) is 0 Å². The van der Waals surface area contributed by atoms with Gasteiger partial charge in [0.1, 0.15) is 0 Å². The zero-order chi connectivity index (χ0) is 11.7.